The van der Waals surface area contributed by atoms with Crippen LogP contribution in [0.4, 0.5) is 0 Å². The van der Waals surface area contributed by atoms with E-state index in [-0.39, 0.29) is 10.8 Å². The lowest BCUT2D eigenvalue weighted by molar-refractivity contribution is 0.591. The fourth-order valence-electron chi connectivity index (χ4n) is 15.7. The molecule has 19 rings (SSSR count). The molecule has 0 radical (unpaired) electrons. The van der Waals surface area contributed by atoms with Gasteiger partial charge in [0, 0.05) is 87.1 Å². The van der Waals surface area contributed by atoms with Crippen molar-refractivity contribution in [3.05, 3.63) is 254 Å². The average molecular weight is 1100 g/mol. The van der Waals surface area contributed by atoms with Crippen LogP contribution in [0.1, 0.15) is 52.7 Å². The predicted molar refractivity (Wildman–Crippen MR) is 368 cm³/mol. The van der Waals surface area contributed by atoms with Crippen molar-refractivity contribution in [1.82, 2.24) is 17.9 Å². The second kappa shape index (κ2) is 16.7. The molecule has 4 nitrogen and oxygen atoms in total. The highest BCUT2D eigenvalue weighted by Crippen LogP contribution is 2.53. The van der Waals surface area contributed by atoms with Crippen LogP contribution in [0.25, 0.3) is 175 Å². The summed E-state index contributed by atoms with van der Waals surface area (Å²) in [5.74, 6) is 0. The zero-order chi connectivity index (χ0) is 57.2. The minimum absolute atomic E-state index is 0.113. The molecule has 0 atom stereocenters. The Morgan fingerprint density at radius 1 is 0.244 bits per heavy atom. The summed E-state index contributed by atoms with van der Waals surface area (Å²) >= 11 is 0. The van der Waals surface area contributed by atoms with Crippen molar-refractivity contribution in [2.75, 3.05) is 0 Å². The minimum Gasteiger partial charge on any atom is -0.309 e. The number of para-hydroxylation sites is 4. The van der Waals surface area contributed by atoms with Gasteiger partial charge in [0.15, 0.2) is 0 Å². The first-order valence-corrected chi connectivity index (χ1v) is 30.4. The number of benzene rings is 13. The van der Waals surface area contributed by atoms with Crippen molar-refractivity contribution in [2.45, 2.75) is 52.4 Å². The van der Waals surface area contributed by atoms with Crippen molar-refractivity contribution in [3.8, 4) is 33.6 Å². The van der Waals surface area contributed by atoms with E-state index in [1.165, 1.54) is 175 Å². The lowest BCUT2D eigenvalue weighted by Gasteiger charge is -2.21. The van der Waals surface area contributed by atoms with Gasteiger partial charge in [-0.2, -0.15) is 0 Å². The van der Waals surface area contributed by atoms with Gasteiger partial charge in [0.05, 0.1) is 55.2 Å². The van der Waals surface area contributed by atoms with E-state index in [2.05, 4.69) is 302 Å². The second-order valence-corrected chi connectivity index (χ2v) is 26.4. The van der Waals surface area contributed by atoms with Gasteiger partial charge in [-0.1, -0.05) is 175 Å². The third kappa shape index (κ3) is 6.27. The maximum atomic E-state index is 2.68. The highest BCUT2D eigenvalue weighted by atomic mass is 15.0. The van der Waals surface area contributed by atoms with Gasteiger partial charge in [-0.05, 0) is 164 Å². The molecule has 6 heterocycles. The van der Waals surface area contributed by atoms with E-state index in [1.54, 1.807) is 0 Å². The molecule has 19 aromatic rings. The van der Waals surface area contributed by atoms with E-state index in [0.29, 0.717) is 0 Å². The highest BCUT2D eigenvalue weighted by molar-refractivity contribution is 6.40. The molecule has 0 unspecified atom stereocenters. The van der Waals surface area contributed by atoms with Gasteiger partial charge >= 0.3 is 0 Å². The minimum atomic E-state index is -0.128. The van der Waals surface area contributed by atoms with Crippen molar-refractivity contribution >= 4 is 141 Å². The molecule has 0 amide bonds. The van der Waals surface area contributed by atoms with Gasteiger partial charge < -0.3 is 17.9 Å². The summed E-state index contributed by atoms with van der Waals surface area (Å²) in [6.45, 7) is 14.2. The van der Waals surface area contributed by atoms with Crippen molar-refractivity contribution < 1.29 is 0 Å². The summed E-state index contributed by atoms with van der Waals surface area (Å²) in [4.78, 5) is 0. The Kier molecular flexibility index (Phi) is 9.31. The van der Waals surface area contributed by atoms with E-state index < -0.39 is 0 Å². The number of hydrogen-bond donors (Lipinski definition) is 0. The van der Waals surface area contributed by atoms with Gasteiger partial charge in [0.1, 0.15) is 0 Å². The monoisotopic (exact) mass is 1100 g/mol. The molecule has 0 saturated carbocycles. The van der Waals surface area contributed by atoms with Crippen molar-refractivity contribution in [3.63, 3.8) is 0 Å². The second-order valence-electron chi connectivity index (χ2n) is 26.4. The maximum Gasteiger partial charge on any atom is 0.0627 e. The lowest BCUT2D eigenvalue weighted by Crippen LogP contribution is -2.11. The smallest absolute Gasteiger partial charge is 0.0627 e. The Hall–Kier alpha value is -10.4. The van der Waals surface area contributed by atoms with Gasteiger partial charge in [-0.15, -0.1) is 0 Å². The highest BCUT2D eigenvalue weighted by Gasteiger charge is 2.31. The molecule has 0 N–H and O–H groups in total. The number of fused-ring (bicyclic) bond motifs is 23. The van der Waals surface area contributed by atoms with Crippen molar-refractivity contribution in [2.24, 2.45) is 0 Å². The van der Waals surface area contributed by atoms with E-state index in [0.717, 1.165) is 11.4 Å². The van der Waals surface area contributed by atoms with Crippen molar-refractivity contribution in [1.29, 1.82) is 0 Å². The summed E-state index contributed by atoms with van der Waals surface area (Å²) in [6.07, 6.45) is 0. The number of hydrogen-bond acceptors (Lipinski definition) is 0. The summed E-state index contributed by atoms with van der Waals surface area (Å²) in [6, 6.07) is 92.2. The molecule has 406 valence electrons. The topological polar surface area (TPSA) is 18.7 Å². The molecule has 0 aliphatic rings. The van der Waals surface area contributed by atoms with Crippen LogP contribution in [0.15, 0.2) is 243 Å². The molecule has 4 heteroatoms. The van der Waals surface area contributed by atoms with Crippen LogP contribution < -0.4 is 0 Å². The first-order valence-electron chi connectivity index (χ1n) is 30.4. The van der Waals surface area contributed by atoms with Gasteiger partial charge in [-0.3, -0.25) is 0 Å². The molecule has 0 saturated heterocycles. The molecule has 6 aromatic heterocycles. The van der Waals surface area contributed by atoms with Crippen LogP contribution in [0.2, 0.25) is 0 Å². The summed E-state index contributed by atoms with van der Waals surface area (Å²) in [7, 11) is 0. The zero-order valence-corrected chi connectivity index (χ0v) is 48.9. The Morgan fingerprint density at radius 2 is 0.628 bits per heavy atom. The third-order valence-electron chi connectivity index (χ3n) is 19.6. The summed E-state index contributed by atoms with van der Waals surface area (Å²) in [5.41, 5.74) is 22.0. The van der Waals surface area contributed by atoms with E-state index in [4.69, 9.17) is 0 Å². The first-order chi connectivity index (χ1) is 42.0. The standard InChI is InChI=1S/C82H58N4/c1-81(2,3)51-43-60(50-34-36-70-62(41-50)58-30-18-20-32-68(58)84(70)54-25-11-8-12-26-54)77-64(44-51)74-56-28-16-14-22-48(56)42-63-75-71(85(77)80(63)74)37-38-72-76(75)66-46-52(82(4,5)6)45-65-73-55-27-15-13-21-47(55)39-59(79(73)86(72)78(65)66)49-33-35-69-61(40-49)57-29-17-19-31-67(57)83(69)53-23-9-7-10-24-53/h7-46H,1-6H3. The van der Waals surface area contributed by atoms with Crippen LogP contribution in [0.3, 0.4) is 0 Å². The zero-order valence-electron chi connectivity index (χ0n) is 48.9. The van der Waals surface area contributed by atoms with Gasteiger partial charge in [0.2, 0.25) is 0 Å². The fourth-order valence-corrected chi connectivity index (χ4v) is 15.7. The van der Waals surface area contributed by atoms with E-state index in [9.17, 15) is 0 Å². The normalized spacial score (nSPS) is 13.0. The molecule has 0 bridgehead atoms. The largest absolute Gasteiger partial charge is 0.309 e. The third-order valence-corrected chi connectivity index (χ3v) is 19.6. The molecule has 0 aliphatic carbocycles. The molecule has 86 heavy (non-hydrogen) atoms. The quantitative estimate of drug-likeness (QED) is 0.167. The van der Waals surface area contributed by atoms with Crippen LogP contribution in [-0.2, 0) is 10.8 Å². The SMILES string of the molecule is CC(C)(C)c1cc(-c2ccc3c(c2)c2ccccc2n3-c2ccccc2)c2c(c1)c1c3ccccc3cc3c4c5c6cc(C(C)(C)C)cc7c8c9ccccc9cc(-c9ccc%10c(c9)c9ccccc9n%10-c9ccccc9)c8n(c5ccc4n2c31)c67. The number of nitrogens with zero attached hydrogens (tertiary/aromatic N) is 4. The maximum absolute atomic E-state index is 2.68. The van der Waals surface area contributed by atoms with Crippen LogP contribution in [0.5, 0.6) is 0 Å². The molecular weight excluding hydrogens is 1040 g/mol. The Morgan fingerprint density at radius 3 is 1.16 bits per heavy atom. The summed E-state index contributed by atoms with van der Waals surface area (Å²) < 4.78 is 10.2. The molecule has 13 aromatic carbocycles. The Balaban J connectivity index is 0.967. The van der Waals surface area contributed by atoms with E-state index >= 15 is 0 Å². The lowest BCUT2D eigenvalue weighted by atomic mass is 9.83. The number of rotatable bonds is 4. The van der Waals surface area contributed by atoms with Crippen LogP contribution in [0, 0.1) is 0 Å². The molecule has 0 fully saturated rings. The molecular formula is C82H58N4. The molecule has 0 aliphatic heterocycles. The Labute approximate surface area is 496 Å². The predicted octanol–water partition coefficient (Wildman–Crippen LogP) is 22.4. The van der Waals surface area contributed by atoms with Crippen LogP contribution in [-0.4, -0.2) is 17.9 Å². The van der Waals surface area contributed by atoms with Gasteiger partial charge in [0.25, 0.3) is 0 Å². The molecule has 0 spiro atoms. The summed E-state index contributed by atoms with van der Waals surface area (Å²) in [5, 5.41) is 20.5. The first kappa shape index (κ1) is 48.0. The number of aromatic nitrogens is 4. The van der Waals surface area contributed by atoms with Gasteiger partial charge in [-0.25, -0.2) is 0 Å². The Bertz CT molecular complexity index is 6130. The fraction of sp³-hybridized carbons (Fsp3) is 0.0976. The average Bonchev–Trinajstić information content (AvgIpc) is 1.73. The van der Waals surface area contributed by atoms with E-state index in [1.807, 2.05) is 0 Å². The van der Waals surface area contributed by atoms with Crippen LogP contribution >= 0.6 is 0 Å².